The molecular formula is C13H16ClN3O2. The Morgan fingerprint density at radius 1 is 1.53 bits per heavy atom. The van der Waals surface area contributed by atoms with Gasteiger partial charge in [-0.1, -0.05) is 31.5 Å². The van der Waals surface area contributed by atoms with Crippen molar-refractivity contribution in [2.24, 2.45) is 5.92 Å². The average molecular weight is 282 g/mol. The fraction of sp³-hybridized carbons (Fsp3) is 0.462. The number of hydrogen-bond donors (Lipinski definition) is 0. The van der Waals surface area contributed by atoms with E-state index < -0.39 is 4.92 Å². The molecule has 5 nitrogen and oxygen atoms in total. The molecule has 0 amide bonds. The van der Waals surface area contributed by atoms with Crippen LogP contribution >= 0.6 is 11.6 Å². The third kappa shape index (κ3) is 4.11. The number of benzene rings is 1. The number of nitro groups is 1. The predicted molar refractivity (Wildman–Crippen MR) is 75.4 cm³/mol. The molecule has 102 valence electrons. The highest BCUT2D eigenvalue weighted by Gasteiger charge is 2.22. The Morgan fingerprint density at radius 3 is 2.74 bits per heavy atom. The number of anilines is 1. The van der Waals surface area contributed by atoms with Gasteiger partial charge in [-0.15, -0.1) is 0 Å². The molecule has 0 fully saturated rings. The number of nitrogens with zero attached hydrogens (tertiary/aromatic N) is 3. The third-order valence-electron chi connectivity index (χ3n) is 2.56. The minimum atomic E-state index is -0.444. The number of hydrogen-bond acceptors (Lipinski definition) is 4. The summed E-state index contributed by atoms with van der Waals surface area (Å²) in [5.41, 5.74) is 0.379. The average Bonchev–Trinajstić information content (AvgIpc) is 2.33. The van der Waals surface area contributed by atoms with E-state index in [4.69, 9.17) is 16.9 Å². The Hall–Kier alpha value is -1.80. The predicted octanol–water partition coefficient (Wildman–Crippen LogP) is 3.62. The van der Waals surface area contributed by atoms with Crippen LogP contribution in [0.25, 0.3) is 0 Å². The Kier molecular flexibility index (Phi) is 5.58. The molecule has 0 N–H and O–H groups in total. The second-order valence-electron chi connectivity index (χ2n) is 4.61. The zero-order chi connectivity index (χ0) is 14.4. The minimum Gasteiger partial charge on any atom is -0.363 e. The largest absolute Gasteiger partial charge is 0.363 e. The number of rotatable bonds is 6. The van der Waals surface area contributed by atoms with Crippen molar-refractivity contribution in [3.8, 4) is 6.07 Å². The Labute approximate surface area is 117 Å². The van der Waals surface area contributed by atoms with Gasteiger partial charge >= 0.3 is 0 Å². The zero-order valence-corrected chi connectivity index (χ0v) is 11.7. The summed E-state index contributed by atoms with van der Waals surface area (Å²) in [6.45, 7) is 5.08. The highest BCUT2D eigenvalue weighted by Crippen LogP contribution is 2.35. The van der Waals surface area contributed by atoms with E-state index in [1.54, 1.807) is 12.1 Å². The second kappa shape index (κ2) is 6.95. The first-order valence-corrected chi connectivity index (χ1v) is 6.40. The molecule has 1 aromatic rings. The first kappa shape index (κ1) is 15.3. The van der Waals surface area contributed by atoms with Gasteiger partial charge in [0.2, 0.25) is 0 Å². The van der Waals surface area contributed by atoms with Crippen molar-refractivity contribution < 1.29 is 4.92 Å². The van der Waals surface area contributed by atoms with Crippen molar-refractivity contribution in [1.82, 2.24) is 0 Å². The van der Waals surface area contributed by atoms with Crippen molar-refractivity contribution >= 4 is 23.0 Å². The normalized spacial score (nSPS) is 10.3. The summed E-state index contributed by atoms with van der Waals surface area (Å²) < 4.78 is 0. The molecule has 0 radical (unpaired) electrons. The minimum absolute atomic E-state index is 0.0221. The van der Waals surface area contributed by atoms with Crippen molar-refractivity contribution in [3.63, 3.8) is 0 Å². The SMILES string of the molecule is CC(C)CN(CCC#N)c1c(Cl)cccc1[N+](=O)[O-]. The molecule has 1 aromatic carbocycles. The van der Waals surface area contributed by atoms with E-state index in [1.807, 2.05) is 18.7 Å². The van der Waals surface area contributed by atoms with Gasteiger partial charge < -0.3 is 4.90 Å². The maximum Gasteiger partial charge on any atom is 0.294 e. The van der Waals surface area contributed by atoms with E-state index in [9.17, 15) is 10.1 Å². The monoisotopic (exact) mass is 281 g/mol. The standard InChI is InChI=1S/C13H16ClN3O2/c1-10(2)9-16(8-4-7-15)13-11(14)5-3-6-12(13)17(18)19/h3,5-6,10H,4,8-9H2,1-2H3. The Balaban J connectivity index is 3.20. The summed E-state index contributed by atoms with van der Waals surface area (Å²) >= 11 is 6.10. The highest BCUT2D eigenvalue weighted by molar-refractivity contribution is 6.33. The van der Waals surface area contributed by atoms with Gasteiger partial charge in [0.1, 0.15) is 5.69 Å². The molecule has 0 atom stereocenters. The topological polar surface area (TPSA) is 70.2 Å². The molecule has 0 aliphatic carbocycles. The van der Waals surface area contributed by atoms with Gasteiger partial charge in [0.25, 0.3) is 5.69 Å². The fourth-order valence-electron chi connectivity index (χ4n) is 1.88. The molecule has 0 aliphatic heterocycles. The molecule has 1 rings (SSSR count). The third-order valence-corrected chi connectivity index (χ3v) is 2.86. The first-order valence-electron chi connectivity index (χ1n) is 6.02. The Morgan fingerprint density at radius 2 is 2.21 bits per heavy atom. The summed E-state index contributed by atoms with van der Waals surface area (Å²) in [6.07, 6.45) is 0.301. The maximum absolute atomic E-state index is 11.1. The second-order valence-corrected chi connectivity index (χ2v) is 5.02. The van der Waals surface area contributed by atoms with Crippen molar-refractivity contribution in [2.45, 2.75) is 20.3 Å². The fourth-order valence-corrected chi connectivity index (χ4v) is 2.17. The van der Waals surface area contributed by atoms with Crippen LogP contribution in [0.2, 0.25) is 5.02 Å². The molecule has 19 heavy (non-hydrogen) atoms. The van der Waals surface area contributed by atoms with Crippen molar-refractivity contribution in [1.29, 1.82) is 5.26 Å². The van der Waals surface area contributed by atoms with Crippen LogP contribution in [-0.4, -0.2) is 18.0 Å². The van der Waals surface area contributed by atoms with Gasteiger partial charge in [-0.3, -0.25) is 10.1 Å². The summed E-state index contributed by atoms with van der Waals surface area (Å²) in [5, 5.41) is 20.1. The zero-order valence-electron chi connectivity index (χ0n) is 11.0. The van der Waals surface area contributed by atoms with Gasteiger partial charge in [0.05, 0.1) is 22.4 Å². The summed E-state index contributed by atoms with van der Waals surface area (Å²) in [7, 11) is 0. The lowest BCUT2D eigenvalue weighted by Gasteiger charge is -2.26. The molecule has 0 saturated heterocycles. The van der Waals surface area contributed by atoms with Gasteiger partial charge in [-0.05, 0) is 12.0 Å². The van der Waals surface area contributed by atoms with Crippen LogP contribution in [-0.2, 0) is 0 Å². The van der Waals surface area contributed by atoms with Crippen molar-refractivity contribution in [2.75, 3.05) is 18.0 Å². The van der Waals surface area contributed by atoms with Crippen LogP contribution in [0.1, 0.15) is 20.3 Å². The van der Waals surface area contributed by atoms with E-state index in [1.165, 1.54) is 6.07 Å². The summed E-state index contributed by atoms with van der Waals surface area (Å²) in [4.78, 5) is 12.5. The lowest BCUT2D eigenvalue weighted by Crippen LogP contribution is -2.29. The van der Waals surface area contributed by atoms with E-state index in [0.29, 0.717) is 36.1 Å². The van der Waals surface area contributed by atoms with E-state index >= 15 is 0 Å². The molecule has 0 saturated carbocycles. The van der Waals surface area contributed by atoms with Crippen LogP contribution < -0.4 is 4.90 Å². The lowest BCUT2D eigenvalue weighted by molar-refractivity contribution is -0.384. The van der Waals surface area contributed by atoms with E-state index in [0.717, 1.165) is 0 Å². The Bertz CT molecular complexity index is 497. The van der Waals surface area contributed by atoms with E-state index in [2.05, 4.69) is 6.07 Å². The van der Waals surface area contributed by atoms with Crippen LogP contribution in [0.3, 0.4) is 0 Å². The number of nitriles is 1. The molecule has 0 aromatic heterocycles. The molecular weight excluding hydrogens is 266 g/mol. The van der Waals surface area contributed by atoms with Gasteiger partial charge in [-0.25, -0.2) is 0 Å². The van der Waals surface area contributed by atoms with E-state index in [-0.39, 0.29) is 5.69 Å². The molecule has 0 heterocycles. The van der Waals surface area contributed by atoms with Gasteiger partial charge in [0.15, 0.2) is 0 Å². The molecule has 6 heteroatoms. The van der Waals surface area contributed by atoms with Gasteiger partial charge in [0, 0.05) is 19.2 Å². The van der Waals surface area contributed by atoms with Crippen molar-refractivity contribution in [3.05, 3.63) is 33.3 Å². The molecule has 0 aliphatic rings. The van der Waals surface area contributed by atoms with Crippen LogP contribution in [0.4, 0.5) is 11.4 Å². The number of para-hydroxylation sites is 1. The first-order chi connectivity index (χ1) is 8.97. The summed E-state index contributed by atoms with van der Waals surface area (Å²) in [5.74, 6) is 0.314. The van der Waals surface area contributed by atoms with Gasteiger partial charge in [-0.2, -0.15) is 5.26 Å². The molecule has 0 bridgehead atoms. The highest BCUT2D eigenvalue weighted by atomic mass is 35.5. The van der Waals surface area contributed by atoms with Crippen LogP contribution in [0.15, 0.2) is 18.2 Å². The summed E-state index contributed by atoms with van der Waals surface area (Å²) in [6, 6.07) is 6.67. The quantitative estimate of drug-likeness (QED) is 0.590. The number of halogens is 1. The van der Waals surface area contributed by atoms with Crippen LogP contribution in [0.5, 0.6) is 0 Å². The molecule has 0 unspecified atom stereocenters. The molecule has 0 spiro atoms. The number of nitro benzene ring substituents is 1. The smallest absolute Gasteiger partial charge is 0.294 e. The van der Waals surface area contributed by atoms with Crippen LogP contribution in [0, 0.1) is 27.4 Å². The lowest BCUT2D eigenvalue weighted by atomic mass is 10.1. The maximum atomic E-state index is 11.1.